The number of hydrogen-bond acceptors (Lipinski definition) is 4. The number of rotatable bonds is 3. The van der Waals surface area contributed by atoms with Gasteiger partial charge in [0.05, 0.1) is 16.3 Å². The summed E-state index contributed by atoms with van der Waals surface area (Å²) in [5.74, 6) is 0. The van der Waals surface area contributed by atoms with E-state index in [1.165, 1.54) is 19.2 Å². The van der Waals surface area contributed by atoms with E-state index in [9.17, 15) is 8.42 Å². The van der Waals surface area contributed by atoms with Gasteiger partial charge in [0.15, 0.2) is 0 Å². The van der Waals surface area contributed by atoms with E-state index in [2.05, 4.69) is 0 Å². The van der Waals surface area contributed by atoms with Gasteiger partial charge in [-0.1, -0.05) is 12.1 Å². The molecular formula is C13H15N3O2S. The van der Waals surface area contributed by atoms with Crippen LogP contribution in [0.25, 0.3) is 0 Å². The number of sulfonamides is 1. The molecule has 0 aliphatic rings. The topological polar surface area (TPSA) is 89.4 Å². The molecule has 0 aromatic heterocycles. The summed E-state index contributed by atoms with van der Waals surface area (Å²) in [5, 5.41) is 0. The molecule has 0 heterocycles. The molecule has 19 heavy (non-hydrogen) atoms. The maximum Gasteiger partial charge on any atom is 0.264 e. The van der Waals surface area contributed by atoms with Crippen molar-refractivity contribution >= 4 is 27.1 Å². The van der Waals surface area contributed by atoms with Crippen LogP contribution in [-0.4, -0.2) is 15.5 Å². The third-order valence-corrected chi connectivity index (χ3v) is 4.60. The van der Waals surface area contributed by atoms with Crippen LogP contribution in [0.3, 0.4) is 0 Å². The number of benzene rings is 2. The fraction of sp³-hybridized carbons (Fsp3) is 0.0769. The van der Waals surface area contributed by atoms with Crippen LogP contribution in [0, 0.1) is 0 Å². The summed E-state index contributed by atoms with van der Waals surface area (Å²) in [7, 11) is -2.16. The first-order valence-electron chi connectivity index (χ1n) is 5.62. The van der Waals surface area contributed by atoms with E-state index in [-0.39, 0.29) is 4.90 Å². The molecule has 0 saturated carbocycles. The zero-order valence-electron chi connectivity index (χ0n) is 10.4. The van der Waals surface area contributed by atoms with Crippen molar-refractivity contribution in [3.8, 4) is 0 Å². The molecule has 2 aromatic rings. The van der Waals surface area contributed by atoms with E-state index in [1.54, 1.807) is 36.4 Å². The Morgan fingerprint density at radius 3 is 2.11 bits per heavy atom. The van der Waals surface area contributed by atoms with Crippen LogP contribution < -0.4 is 15.8 Å². The van der Waals surface area contributed by atoms with Crippen LogP contribution in [0.4, 0.5) is 17.1 Å². The van der Waals surface area contributed by atoms with Gasteiger partial charge in [0, 0.05) is 12.7 Å². The van der Waals surface area contributed by atoms with E-state index < -0.39 is 10.0 Å². The molecule has 0 spiro atoms. The summed E-state index contributed by atoms with van der Waals surface area (Å²) in [6, 6.07) is 12.8. The average Bonchev–Trinajstić information content (AvgIpc) is 2.39. The molecule has 0 aliphatic heterocycles. The molecule has 100 valence electrons. The van der Waals surface area contributed by atoms with Gasteiger partial charge in [0.2, 0.25) is 0 Å². The molecule has 0 bridgehead atoms. The SMILES string of the molecule is CN(c1ccccc1N)S(=O)(=O)c1ccc(N)cc1. The molecule has 0 unspecified atom stereocenters. The molecular weight excluding hydrogens is 262 g/mol. The number of nitrogens with two attached hydrogens (primary N) is 2. The molecule has 6 heteroatoms. The van der Waals surface area contributed by atoms with Crippen LogP contribution in [0.15, 0.2) is 53.4 Å². The number of nitrogen functional groups attached to an aromatic ring is 2. The number of nitrogens with zero attached hydrogens (tertiary/aromatic N) is 1. The van der Waals surface area contributed by atoms with Gasteiger partial charge in [0.25, 0.3) is 10.0 Å². The molecule has 2 aromatic carbocycles. The predicted octanol–water partition coefficient (Wildman–Crippen LogP) is 1.68. The fourth-order valence-electron chi connectivity index (χ4n) is 1.70. The molecule has 4 N–H and O–H groups in total. The summed E-state index contributed by atoms with van der Waals surface area (Å²) in [6.45, 7) is 0. The third kappa shape index (κ3) is 2.48. The monoisotopic (exact) mass is 277 g/mol. The Kier molecular flexibility index (Phi) is 3.35. The van der Waals surface area contributed by atoms with Gasteiger partial charge >= 0.3 is 0 Å². The average molecular weight is 277 g/mol. The highest BCUT2D eigenvalue weighted by Crippen LogP contribution is 2.27. The van der Waals surface area contributed by atoms with E-state index >= 15 is 0 Å². The van der Waals surface area contributed by atoms with Crippen molar-refractivity contribution in [2.75, 3.05) is 22.8 Å². The van der Waals surface area contributed by atoms with E-state index in [1.807, 2.05) is 0 Å². The van der Waals surface area contributed by atoms with Gasteiger partial charge in [-0.2, -0.15) is 0 Å². The Hall–Kier alpha value is -2.21. The number of anilines is 3. The standard InChI is InChI=1S/C13H15N3O2S/c1-16(13-5-3-2-4-12(13)15)19(17,18)11-8-6-10(14)7-9-11/h2-9H,14-15H2,1H3. The van der Waals surface area contributed by atoms with Crippen LogP contribution in [0.5, 0.6) is 0 Å². The van der Waals surface area contributed by atoms with Crippen molar-refractivity contribution in [3.63, 3.8) is 0 Å². The van der Waals surface area contributed by atoms with Crippen molar-refractivity contribution in [2.45, 2.75) is 4.90 Å². The largest absolute Gasteiger partial charge is 0.399 e. The second-order valence-corrected chi connectivity index (χ2v) is 6.07. The van der Waals surface area contributed by atoms with Crippen molar-refractivity contribution in [3.05, 3.63) is 48.5 Å². The Bertz CT molecular complexity index is 681. The van der Waals surface area contributed by atoms with Crippen molar-refractivity contribution in [1.82, 2.24) is 0 Å². The molecule has 0 atom stereocenters. The molecule has 0 radical (unpaired) electrons. The Morgan fingerprint density at radius 2 is 1.53 bits per heavy atom. The lowest BCUT2D eigenvalue weighted by Gasteiger charge is -2.21. The van der Waals surface area contributed by atoms with Gasteiger partial charge in [-0.05, 0) is 36.4 Å². The Labute approximate surface area is 112 Å². The second-order valence-electron chi connectivity index (χ2n) is 4.10. The zero-order chi connectivity index (χ0) is 14.0. The normalized spacial score (nSPS) is 11.2. The molecule has 0 aliphatic carbocycles. The van der Waals surface area contributed by atoms with E-state index in [0.29, 0.717) is 17.1 Å². The van der Waals surface area contributed by atoms with Crippen LogP contribution in [-0.2, 0) is 10.0 Å². The van der Waals surface area contributed by atoms with Crippen LogP contribution >= 0.6 is 0 Å². The maximum atomic E-state index is 12.4. The van der Waals surface area contributed by atoms with Crippen molar-refractivity contribution < 1.29 is 8.42 Å². The second kappa shape index (κ2) is 4.81. The minimum atomic E-state index is -3.63. The summed E-state index contributed by atoms with van der Waals surface area (Å²) in [6.07, 6.45) is 0. The maximum absolute atomic E-state index is 12.4. The first-order valence-corrected chi connectivity index (χ1v) is 7.06. The lowest BCUT2D eigenvalue weighted by atomic mass is 10.3. The van der Waals surface area contributed by atoms with Crippen LogP contribution in [0.1, 0.15) is 0 Å². The van der Waals surface area contributed by atoms with Gasteiger partial charge in [-0.15, -0.1) is 0 Å². The lowest BCUT2D eigenvalue weighted by molar-refractivity contribution is 0.594. The summed E-state index contributed by atoms with van der Waals surface area (Å²) >= 11 is 0. The summed E-state index contributed by atoms with van der Waals surface area (Å²) in [5.41, 5.74) is 12.7. The first-order chi connectivity index (χ1) is 8.93. The minimum Gasteiger partial charge on any atom is -0.399 e. The fourth-order valence-corrected chi connectivity index (χ4v) is 2.92. The van der Waals surface area contributed by atoms with Gasteiger partial charge in [-0.25, -0.2) is 8.42 Å². The third-order valence-electron chi connectivity index (χ3n) is 2.81. The molecule has 5 nitrogen and oxygen atoms in total. The molecule has 0 fully saturated rings. The highest BCUT2D eigenvalue weighted by molar-refractivity contribution is 7.92. The highest BCUT2D eigenvalue weighted by atomic mass is 32.2. The van der Waals surface area contributed by atoms with Gasteiger partial charge in [0.1, 0.15) is 0 Å². The number of para-hydroxylation sites is 2. The minimum absolute atomic E-state index is 0.174. The molecule has 0 saturated heterocycles. The Balaban J connectivity index is 2.45. The van der Waals surface area contributed by atoms with Gasteiger partial charge in [-0.3, -0.25) is 4.31 Å². The lowest BCUT2D eigenvalue weighted by Crippen LogP contribution is -2.27. The number of hydrogen-bond donors (Lipinski definition) is 2. The Morgan fingerprint density at radius 1 is 0.947 bits per heavy atom. The van der Waals surface area contributed by atoms with Crippen molar-refractivity contribution in [2.24, 2.45) is 0 Å². The van der Waals surface area contributed by atoms with Crippen molar-refractivity contribution in [1.29, 1.82) is 0 Å². The first kappa shape index (κ1) is 13.2. The summed E-state index contributed by atoms with van der Waals surface area (Å²) in [4.78, 5) is 0.174. The smallest absolute Gasteiger partial charge is 0.264 e. The quantitative estimate of drug-likeness (QED) is 0.835. The zero-order valence-corrected chi connectivity index (χ0v) is 11.3. The van der Waals surface area contributed by atoms with Crippen LogP contribution in [0.2, 0.25) is 0 Å². The molecule has 2 rings (SSSR count). The highest BCUT2D eigenvalue weighted by Gasteiger charge is 2.22. The van der Waals surface area contributed by atoms with E-state index in [4.69, 9.17) is 11.5 Å². The summed E-state index contributed by atoms with van der Waals surface area (Å²) < 4.78 is 26.0. The molecule has 0 amide bonds. The predicted molar refractivity (Wildman–Crippen MR) is 77.3 cm³/mol. The van der Waals surface area contributed by atoms with E-state index in [0.717, 1.165) is 4.31 Å². The van der Waals surface area contributed by atoms with Gasteiger partial charge < -0.3 is 11.5 Å².